The minimum atomic E-state index is -0.872. The predicted molar refractivity (Wildman–Crippen MR) is 88.6 cm³/mol. The van der Waals surface area contributed by atoms with E-state index in [-0.39, 0.29) is 6.42 Å². The van der Waals surface area contributed by atoms with Crippen LogP contribution in [0.2, 0.25) is 0 Å². The molecule has 23 heavy (non-hydrogen) atoms. The van der Waals surface area contributed by atoms with Gasteiger partial charge in [-0.1, -0.05) is 42.0 Å². The van der Waals surface area contributed by atoms with Crippen LogP contribution in [0.25, 0.3) is 0 Å². The lowest BCUT2D eigenvalue weighted by atomic mass is 10.1. The largest absolute Gasteiger partial charge is 0.489 e. The first-order valence-corrected chi connectivity index (χ1v) is 7.70. The van der Waals surface area contributed by atoms with E-state index in [0.29, 0.717) is 13.2 Å². The second-order valence-corrected chi connectivity index (χ2v) is 5.39. The molecule has 122 valence electrons. The fraction of sp³-hybridized carbons (Fsp3) is 0.316. The molecule has 0 aliphatic rings. The number of hydrogen-bond acceptors (Lipinski definition) is 3. The SMILES string of the molecule is CCO[C@@H](CC(=O)O)c1ccc(OCc2ccc(C)cc2)cc1. The number of hydrogen-bond donors (Lipinski definition) is 1. The van der Waals surface area contributed by atoms with E-state index in [1.54, 1.807) is 0 Å². The zero-order valence-electron chi connectivity index (χ0n) is 13.5. The molecule has 0 unspecified atom stereocenters. The number of aliphatic carboxylic acids is 1. The number of carbonyl (C=O) groups is 1. The Morgan fingerprint density at radius 2 is 1.74 bits per heavy atom. The van der Waals surface area contributed by atoms with Crippen molar-refractivity contribution in [3.63, 3.8) is 0 Å². The van der Waals surface area contributed by atoms with E-state index in [0.717, 1.165) is 16.9 Å². The van der Waals surface area contributed by atoms with Gasteiger partial charge in [-0.25, -0.2) is 0 Å². The zero-order valence-corrected chi connectivity index (χ0v) is 13.5. The number of carboxylic acid groups (broad SMARTS) is 1. The summed E-state index contributed by atoms with van der Waals surface area (Å²) >= 11 is 0. The molecule has 0 aromatic heterocycles. The van der Waals surface area contributed by atoms with Gasteiger partial charge in [-0.05, 0) is 37.1 Å². The van der Waals surface area contributed by atoms with Crippen LogP contribution in [-0.2, 0) is 16.1 Å². The van der Waals surface area contributed by atoms with Crippen molar-refractivity contribution in [1.82, 2.24) is 0 Å². The van der Waals surface area contributed by atoms with Crippen molar-refractivity contribution in [3.05, 3.63) is 65.2 Å². The summed E-state index contributed by atoms with van der Waals surface area (Å²) in [6.07, 6.45) is -0.471. The average molecular weight is 314 g/mol. The summed E-state index contributed by atoms with van der Waals surface area (Å²) in [7, 11) is 0. The van der Waals surface area contributed by atoms with E-state index in [1.807, 2.05) is 43.3 Å². The average Bonchev–Trinajstić information content (AvgIpc) is 2.54. The predicted octanol–water partition coefficient (Wildman–Crippen LogP) is 4.13. The molecule has 2 rings (SSSR count). The topological polar surface area (TPSA) is 55.8 Å². The van der Waals surface area contributed by atoms with Gasteiger partial charge in [-0.3, -0.25) is 4.79 Å². The monoisotopic (exact) mass is 314 g/mol. The van der Waals surface area contributed by atoms with Crippen molar-refractivity contribution < 1.29 is 19.4 Å². The van der Waals surface area contributed by atoms with Crippen LogP contribution in [0.3, 0.4) is 0 Å². The highest BCUT2D eigenvalue weighted by Gasteiger charge is 2.15. The molecule has 1 N–H and O–H groups in total. The number of carboxylic acids is 1. The third kappa shape index (κ3) is 5.42. The number of benzene rings is 2. The van der Waals surface area contributed by atoms with Crippen LogP contribution in [-0.4, -0.2) is 17.7 Å². The Kier molecular flexibility index (Phi) is 6.18. The minimum absolute atomic E-state index is 0.0442. The Morgan fingerprint density at radius 1 is 1.09 bits per heavy atom. The quantitative estimate of drug-likeness (QED) is 0.796. The molecule has 0 bridgehead atoms. The highest BCUT2D eigenvalue weighted by Crippen LogP contribution is 2.24. The van der Waals surface area contributed by atoms with Crippen LogP contribution in [0.4, 0.5) is 0 Å². The van der Waals surface area contributed by atoms with Crippen molar-refractivity contribution in [1.29, 1.82) is 0 Å². The number of aryl methyl sites for hydroxylation is 1. The Morgan fingerprint density at radius 3 is 2.30 bits per heavy atom. The first-order chi connectivity index (χ1) is 11.1. The Balaban J connectivity index is 1.97. The van der Waals surface area contributed by atoms with Crippen LogP contribution < -0.4 is 4.74 Å². The smallest absolute Gasteiger partial charge is 0.306 e. The molecule has 0 spiro atoms. The third-order valence-electron chi connectivity index (χ3n) is 3.51. The summed E-state index contributed by atoms with van der Waals surface area (Å²) in [5.74, 6) is -0.122. The normalized spacial score (nSPS) is 11.9. The lowest BCUT2D eigenvalue weighted by Crippen LogP contribution is -2.10. The van der Waals surface area contributed by atoms with Gasteiger partial charge >= 0.3 is 5.97 Å². The first kappa shape index (κ1) is 17.0. The van der Waals surface area contributed by atoms with Crippen LogP contribution in [0.15, 0.2) is 48.5 Å². The molecule has 4 heteroatoms. The Hall–Kier alpha value is -2.33. The highest BCUT2D eigenvalue weighted by atomic mass is 16.5. The fourth-order valence-electron chi connectivity index (χ4n) is 2.26. The Bertz CT molecular complexity index is 617. The molecule has 2 aromatic carbocycles. The molecule has 2 aromatic rings. The van der Waals surface area contributed by atoms with Gasteiger partial charge in [-0.15, -0.1) is 0 Å². The molecular formula is C19H22O4. The second-order valence-electron chi connectivity index (χ2n) is 5.39. The van der Waals surface area contributed by atoms with Crippen molar-refractivity contribution in [2.45, 2.75) is 33.0 Å². The van der Waals surface area contributed by atoms with Crippen molar-refractivity contribution in [2.75, 3.05) is 6.61 Å². The first-order valence-electron chi connectivity index (χ1n) is 7.70. The lowest BCUT2D eigenvalue weighted by Gasteiger charge is -2.16. The maximum Gasteiger partial charge on any atom is 0.306 e. The molecule has 0 radical (unpaired) electrons. The Labute approximate surface area is 136 Å². The van der Waals surface area contributed by atoms with Crippen molar-refractivity contribution in [2.24, 2.45) is 0 Å². The number of ether oxygens (including phenoxy) is 2. The maximum atomic E-state index is 10.9. The maximum absolute atomic E-state index is 10.9. The highest BCUT2D eigenvalue weighted by molar-refractivity contribution is 5.67. The zero-order chi connectivity index (χ0) is 16.7. The van der Waals surface area contributed by atoms with Gasteiger partial charge in [0.1, 0.15) is 12.4 Å². The van der Waals surface area contributed by atoms with Gasteiger partial charge in [0.2, 0.25) is 0 Å². The molecular weight excluding hydrogens is 292 g/mol. The van der Waals surface area contributed by atoms with Gasteiger partial charge in [0.05, 0.1) is 12.5 Å². The van der Waals surface area contributed by atoms with Crippen LogP contribution in [0, 0.1) is 6.92 Å². The standard InChI is InChI=1S/C19H22O4/c1-3-22-18(12-19(20)21)16-8-10-17(11-9-16)23-13-15-6-4-14(2)5-7-15/h4-11,18H,3,12-13H2,1-2H3,(H,20,21)/t18-/m0/s1. The van der Waals surface area contributed by atoms with Gasteiger partial charge in [0, 0.05) is 6.61 Å². The van der Waals surface area contributed by atoms with Gasteiger partial charge in [0.15, 0.2) is 0 Å². The third-order valence-corrected chi connectivity index (χ3v) is 3.51. The van der Waals surface area contributed by atoms with Crippen molar-refractivity contribution in [3.8, 4) is 5.75 Å². The van der Waals surface area contributed by atoms with Gasteiger partial charge < -0.3 is 14.6 Å². The molecule has 0 fully saturated rings. The van der Waals surface area contributed by atoms with E-state index in [1.165, 1.54) is 5.56 Å². The molecule has 0 aliphatic carbocycles. The fourth-order valence-corrected chi connectivity index (χ4v) is 2.26. The lowest BCUT2D eigenvalue weighted by molar-refractivity contribution is -0.140. The summed E-state index contributed by atoms with van der Waals surface area (Å²) in [6, 6.07) is 15.6. The van der Waals surface area contributed by atoms with E-state index in [2.05, 4.69) is 19.1 Å². The minimum Gasteiger partial charge on any atom is -0.489 e. The molecule has 4 nitrogen and oxygen atoms in total. The van der Waals surface area contributed by atoms with Crippen LogP contribution in [0.5, 0.6) is 5.75 Å². The summed E-state index contributed by atoms with van der Waals surface area (Å²) in [5.41, 5.74) is 3.17. The molecule has 1 atom stereocenters. The molecule has 0 heterocycles. The molecule has 0 amide bonds. The van der Waals surface area contributed by atoms with Crippen LogP contribution >= 0.6 is 0 Å². The summed E-state index contributed by atoms with van der Waals surface area (Å²) in [5, 5.41) is 8.95. The molecule has 0 saturated carbocycles. The van der Waals surface area contributed by atoms with Crippen LogP contribution in [0.1, 0.15) is 36.1 Å². The van der Waals surface area contributed by atoms with Gasteiger partial charge in [0.25, 0.3) is 0 Å². The van der Waals surface area contributed by atoms with Gasteiger partial charge in [-0.2, -0.15) is 0 Å². The summed E-state index contributed by atoms with van der Waals surface area (Å²) < 4.78 is 11.2. The molecule has 0 aliphatic heterocycles. The van der Waals surface area contributed by atoms with E-state index in [9.17, 15) is 4.79 Å². The van der Waals surface area contributed by atoms with E-state index < -0.39 is 12.1 Å². The molecule has 0 saturated heterocycles. The summed E-state index contributed by atoms with van der Waals surface area (Å²) in [4.78, 5) is 10.9. The van der Waals surface area contributed by atoms with E-state index in [4.69, 9.17) is 14.6 Å². The summed E-state index contributed by atoms with van der Waals surface area (Å²) in [6.45, 7) is 4.89. The van der Waals surface area contributed by atoms with Crippen molar-refractivity contribution >= 4 is 5.97 Å². The second kappa shape index (κ2) is 8.34. The number of rotatable bonds is 8. The van der Waals surface area contributed by atoms with E-state index >= 15 is 0 Å².